The molecule has 0 aromatic heterocycles. The summed E-state index contributed by atoms with van der Waals surface area (Å²) in [6, 6.07) is 0. The predicted molar refractivity (Wildman–Crippen MR) is 21.7 cm³/mol. The second-order valence-electron chi connectivity index (χ2n) is 1.65. The number of rotatable bonds is 2. The average molecular weight is 180 g/mol. The van der Waals surface area contributed by atoms with Gasteiger partial charge in [0.1, 0.15) is 6.10 Å². The molecule has 0 aromatic carbocycles. The number of halogens is 3. The molecule has 0 fully saturated rings. The van der Waals surface area contributed by atoms with E-state index in [-0.39, 0.29) is 29.6 Å². The molecule has 0 spiro atoms. The summed E-state index contributed by atoms with van der Waals surface area (Å²) in [5, 5.41) is 17.6. The zero-order valence-corrected chi connectivity index (χ0v) is 7.68. The Morgan fingerprint density at radius 1 is 1.55 bits per heavy atom. The molecule has 3 nitrogen and oxygen atoms in total. The van der Waals surface area contributed by atoms with Crippen LogP contribution in [0.15, 0.2) is 0 Å². The number of aliphatic carboxylic acids is 1. The van der Waals surface area contributed by atoms with E-state index in [0.717, 1.165) is 0 Å². The molecule has 0 bridgehead atoms. The van der Waals surface area contributed by atoms with Gasteiger partial charge in [-0.25, -0.2) is 0 Å². The number of aliphatic hydroxyl groups is 1. The topological polar surface area (TPSA) is 60.4 Å². The summed E-state index contributed by atoms with van der Waals surface area (Å²) < 4.78 is 33.6. The Bertz CT molecular complexity index is 135. The summed E-state index contributed by atoms with van der Waals surface area (Å²) in [6.45, 7) is 0. The van der Waals surface area contributed by atoms with E-state index in [1.807, 2.05) is 0 Å². The minimum Gasteiger partial charge on any atom is -0.547 e. The Hall–Kier alpha value is 0.220. The van der Waals surface area contributed by atoms with Crippen LogP contribution < -0.4 is 34.7 Å². The molecule has 0 aliphatic heterocycles. The van der Waals surface area contributed by atoms with Gasteiger partial charge in [-0.15, -0.1) is 0 Å². The Kier molecular flexibility index (Phi) is 6.23. The number of carboxylic acid groups (broad SMARTS) is 1. The molecular weight excluding hydrogens is 176 g/mol. The van der Waals surface area contributed by atoms with Crippen LogP contribution in [0.5, 0.6) is 0 Å². The van der Waals surface area contributed by atoms with Crippen molar-refractivity contribution in [2.45, 2.75) is 18.7 Å². The van der Waals surface area contributed by atoms with Crippen LogP contribution >= 0.6 is 0 Å². The quantitative estimate of drug-likeness (QED) is 0.441. The largest absolute Gasteiger partial charge is 1.00 e. The van der Waals surface area contributed by atoms with E-state index in [1.165, 1.54) is 0 Å². The summed E-state index contributed by atoms with van der Waals surface area (Å²) >= 11 is 0. The fourth-order valence-electron chi connectivity index (χ4n) is 0.303. The summed E-state index contributed by atoms with van der Waals surface area (Å²) in [5.74, 6) is -2.11. The number of hydrogen-bond donors (Lipinski definition) is 1. The summed E-state index contributed by atoms with van der Waals surface area (Å²) in [6.07, 6.45) is -8.89. The van der Waals surface area contributed by atoms with Crippen molar-refractivity contribution in [3.05, 3.63) is 0 Å². The van der Waals surface area contributed by atoms with Crippen molar-refractivity contribution in [3.8, 4) is 0 Å². The molecule has 1 unspecified atom stereocenters. The van der Waals surface area contributed by atoms with Crippen molar-refractivity contribution < 1.29 is 57.7 Å². The molecule has 7 heteroatoms. The van der Waals surface area contributed by atoms with Crippen LogP contribution in [0.25, 0.3) is 0 Å². The third kappa shape index (κ3) is 8.12. The van der Waals surface area contributed by atoms with Crippen LogP contribution in [0.1, 0.15) is 6.42 Å². The molecule has 0 heterocycles. The first-order chi connectivity index (χ1) is 4.33. The van der Waals surface area contributed by atoms with E-state index in [2.05, 4.69) is 0 Å². The Labute approximate surface area is 82.5 Å². The van der Waals surface area contributed by atoms with Gasteiger partial charge in [0.25, 0.3) is 0 Å². The third-order valence-electron chi connectivity index (χ3n) is 0.697. The van der Waals surface area contributed by atoms with E-state index < -0.39 is 24.7 Å². The van der Waals surface area contributed by atoms with Gasteiger partial charge in [-0.3, -0.25) is 0 Å². The molecule has 1 N–H and O–H groups in total. The van der Waals surface area contributed by atoms with Gasteiger partial charge < -0.3 is 15.0 Å². The molecule has 0 radical (unpaired) electrons. The van der Waals surface area contributed by atoms with Crippen molar-refractivity contribution in [2.75, 3.05) is 0 Å². The molecule has 0 saturated heterocycles. The van der Waals surface area contributed by atoms with Crippen molar-refractivity contribution >= 4 is 5.97 Å². The molecule has 0 rings (SSSR count). The smallest absolute Gasteiger partial charge is 0.547 e. The number of hydrogen-bond acceptors (Lipinski definition) is 3. The maximum Gasteiger partial charge on any atom is 1.00 e. The number of aliphatic hydroxyl groups excluding tert-OH is 1. The zero-order chi connectivity index (χ0) is 8.36. The first-order valence-electron chi connectivity index (χ1n) is 2.28. The molecule has 0 amide bonds. The predicted octanol–water partition coefficient (Wildman–Crippen LogP) is -3.95. The summed E-state index contributed by atoms with van der Waals surface area (Å²) in [4.78, 5) is 9.52. The van der Waals surface area contributed by atoms with Crippen molar-refractivity contribution in [3.63, 3.8) is 0 Å². The fourth-order valence-corrected chi connectivity index (χ4v) is 0.303. The van der Waals surface area contributed by atoms with Crippen LogP contribution in [0, 0.1) is 0 Å². The average Bonchev–Trinajstić information content (AvgIpc) is 1.60. The van der Waals surface area contributed by atoms with Gasteiger partial charge in [-0.2, -0.15) is 13.2 Å². The van der Waals surface area contributed by atoms with Gasteiger partial charge in [0, 0.05) is 0 Å². The minimum atomic E-state index is -4.67. The molecule has 1 atom stereocenters. The molecule has 11 heavy (non-hydrogen) atoms. The first kappa shape index (κ1) is 13.8. The van der Waals surface area contributed by atoms with E-state index in [0.29, 0.717) is 0 Å². The van der Waals surface area contributed by atoms with Gasteiger partial charge in [0.05, 0.1) is 12.4 Å². The Balaban J connectivity index is 0. The third-order valence-corrected chi connectivity index (χ3v) is 0.697. The van der Waals surface area contributed by atoms with Crippen LogP contribution in [0.3, 0.4) is 0 Å². The van der Waals surface area contributed by atoms with Gasteiger partial charge in [0.15, 0.2) is 0 Å². The first-order valence-corrected chi connectivity index (χ1v) is 2.28. The maximum absolute atomic E-state index is 11.2. The van der Waals surface area contributed by atoms with E-state index in [9.17, 15) is 23.1 Å². The molecule has 0 aromatic rings. The minimum absolute atomic E-state index is 0. The Morgan fingerprint density at radius 3 is 2.00 bits per heavy atom. The van der Waals surface area contributed by atoms with Crippen molar-refractivity contribution in [2.24, 2.45) is 0 Å². The zero-order valence-electron chi connectivity index (χ0n) is 5.68. The van der Waals surface area contributed by atoms with Gasteiger partial charge in [-0.05, 0) is 0 Å². The molecular formula is C4H4F3NaO3. The number of carboxylic acids is 1. The van der Waals surface area contributed by atoms with Crippen molar-refractivity contribution in [1.29, 1.82) is 0 Å². The number of carbonyl (C=O) groups excluding carboxylic acids is 1. The van der Waals surface area contributed by atoms with Crippen LogP contribution in [0.4, 0.5) is 13.2 Å². The SMILES string of the molecule is O=C([O-])C(O)CC(F)(F)F.[Na+]. The number of carbonyl (C=O) groups is 1. The molecule has 0 saturated carbocycles. The van der Waals surface area contributed by atoms with Crippen molar-refractivity contribution in [1.82, 2.24) is 0 Å². The van der Waals surface area contributed by atoms with E-state index >= 15 is 0 Å². The summed E-state index contributed by atoms with van der Waals surface area (Å²) in [5.41, 5.74) is 0. The van der Waals surface area contributed by atoms with E-state index in [1.54, 1.807) is 0 Å². The van der Waals surface area contributed by atoms with Gasteiger partial charge in [0.2, 0.25) is 0 Å². The molecule has 0 aliphatic carbocycles. The molecule has 60 valence electrons. The van der Waals surface area contributed by atoms with Crippen LogP contribution in [0.2, 0.25) is 0 Å². The normalized spacial score (nSPS) is 13.5. The summed E-state index contributed by atoms with van der Waals surface area (Å²) in [7, 11) is 0. The van der Waals surface area contributed by atoms with Gasteiger partial charge in [-0.1, -0.05) is 0 Å². The standard InChI is InChI=1S/C4H5F3O3.Na/c5-4(6,7)1-2(8)3(9)10;/h2,8H,1H2,(H,9,10);/q;+1/p-1. The van der Waals surface area contributed by atoms with Crippen LogP contribution in [-0.4, -0.2) is 23.4 Å². The second kappa shape index (κ2) is 4.97. The maximum atomic E-state index is 11.2. The van der Waals surface area contributed by atoms with Crippen LogP contribution in [-0.2, 0) is 4.79 Å². The molecule has 0 aliphatic rings. The van der Waals surface area contributed by atoms with E-state index in [4.69, 9.17) is 5.11 Å². The Morgan fingerprint density at radius 2 is 1.91 bits per heavy atom. The fraction of sp³-hybridized carbons (Fsp3) is 0.750. The second-order valence-corrected chi connectivity index (χ2v) is 1.65. The van der Waals surface area contributed by atoms with Gasteiger partial charge >= 0.3 is 35.7 Å². The monoisotopic (exact) mass is 180 g/mol. The number of alkyl halides is 3.